The molecule has 0 spiro atoms. The maximum Gasteiger partial charge on any atom is 0.265 e. The number of hydrogen-bond donors (Lipinski definition) is 1. The molecule has 0 saturated heterocycles. The molecule has 1 N–H and O–H groups in total. The highest BCUT2D eigenvalue weighted by Gasteiger charge is 2.25. The number of nitrogens with zero attached hydrogens (tertiary/aromatic N) is 4. The van der Waals surface area contributed by atoms with Crippen molar-refractivity contribution in [3.8, 4) is 0 Å². The first kappa shape index (κ1) is 16.5. The summed E-state index contributed by atoms with van der Waals surface area (Å²) < 4.78 is 52.2. The Labute approximate surface area is 130 Å². The first-order valence-electron chi connectivity index (χ1n) is 5.98. The van der Waals surface area contributed by atoms with Crippen LogP contribution in [0.2, 0.25) is 0 Å². The minimum absolute atomic E-state index is 0.220. The van der Waals surface area contributed by atoms with E-state index in [-0.39, 0.29) is 11.9 Å². The van der Waals surface area contributed by atoms with E-state index in [1.165, 1.54) is 0 Å². The molecule has 22 heavy (non-hydrogen) atoms. The lowest BCUT2D eigenvalue weighted by atomic mass is 10.4. The van der Waals surface area contributed by atoms with Gasteiger partial charge in [0, 0.05) is 30.4 Å². The van der Waals surface area contributed by atoms with Gasteiger partial charge in [-0.05, 0) is 6.92 Å². The Morgan fingerprint density at radius 3 is 2.50 bits per heavy atom. The highest BCUT2D eigenvalue weighted by atomic mass is 32.2. The number of aryl methyl sites for hydroxylation is 1. The Kier molecular flexibility index (Phi) is 4.56. The summed E-state index contributed by atoms with van der Waals surface area (Å²) in [7, 11) is -0.833. The lowest BCUT2D eigenvalue weighted by Crippen LogP contribution is -2.19. The van der Waals surface area contributed by atoms with E-state index in [1.54, 1.807) is 25.9 Å². The predicted molar refractivity (Wildman–Crippen MR) is 79.0 cm³/mol. The molecule has 0 unspecified atom stereocenters. The molecular formula is C11H13F2N5O2S2. The van der Waals surface area contributed by atoms with E-state index >= 15 is 0 Å². The zero-order valence-electron chi connectivity index (χ0n) is 11.9. The van der Waals surface area contributed by atoms with Gasteiger partial charge in [-0.25, -0.2) is 21.9 Å². The third-order valence-electron chi connectivity index (χ3n) is 2.54. The normalized spacial score (nSPS) is 11.7. The average Bonchev–Trinajstić information content (AvgIpc) is 2.87. The van der Waals surface area contributed by atoms with E-state index in [4.69, 9.17) is 0 Å². The van der Waals surface area contributed by atoms with Gasteiger partial charge in [0.05, 0.1) is 0 Å². The molecule has 0 aliphatic carbocycles. The van der Waals surface area contributed by atoms with Crippen molar-refractivity contribution < 1.29 is 17.2 Å². The summed E-state index contributed by atoms with van der Waals surface area (Å²) in [6.45, 7) is 1.57. The van der Waals surface area contributed by atoms with Gasteiger partial charge in [-0.1, -0.05) is 0 Å². The van der Waals surface area contributed by atoms with E-state index in [0.29, 0.717) is 5.82 Å². The van der Waals surface area contributed by atoms with Crippen molar-refractivity contribution in [3.05, 3.63) is 22.1 Å². The summed E-state index contributed by atoms with van der Waals surface area (Å²) in [6, 6.07) is 0. The van der Waals surface area contributed by atoms with Crippen molar-refractivity contribution in [1.29, 1.82) is 0 Å². The highest BCUT2D eigenvalue weighted by Crippen LogP contribution is 2.30. The average molecular weight is 349 g/mol. The molecule has 0 fully saturated rings. The first-order valence-corrected chi connectivity index (χ1v) is 8.40. The fourth-order valence-corrected chi connectivity index (χ4v) is 3.91. The topological polar surface area (TPSA) is 88.1 Å². The van der Waals surface area contributed by atoms with Crippen LogP contribution in [0.25, 0.3) is 0 Å². The standard InChI is InChI=1S/C11H13F2N5O2S2/c1-6-14-10(16-11(15-6)18(2)3)17-22(19,20)8-5-21-4-7(8)9(12)13/h4-5,9H,1-3H3,(H,14,15,16,17). The summed E-state index contributed by atoms with van der Waals surface area (Å²) in [6.07, 6.45) is -2.88. The summed E-state index contributed by atoms with van der Waals surface area (Å²) in [5.41, 5.74) is -0.545. The Hall–Kier alpha value is -1.88. The lowest BCUT2D eigenvalue weighted by molar-refractivity contribution is 0.148. The molecule has 2 aromatic rings. The molecule has 2 aromatic heterocycles. The third-order valence-corrected chi connectivity index (χ3v) is 4.84. The molecule has 0 amide bonds. The number of aromatic nitrogens is 3. The van der Waals surface area contributed by atoms with Gasteiger partial charge in [0.15, 0.2) is 0 Å². The fourth-order valence-electron chi connectivity index (χ4n) is 1.56. The van der Waals surface area contributed by atoms with Crippen LogP contribution in [0.1, 0.15) is 17.8 Å². The second-order valence-electron chi connectivity index (χ2n) is 4.50. The van der Waals surface area contributed by atoms with Gasteiger partial charge in [-0.2, -0.15) is 26.3 Å². The van der Waals surface area contributed by atoms with E-state index in [0.717, 1.165) is 22.1 Å². The largest absolute Gasteiger partial charge is 0.347 e. The number of alkyl halides is 2. The highest BCUT2D eigenvalue weighted by molar-refractivity contribution is 7.92. The van der Waals surface area contributed by atoms with Crippen LogP contribution >= 0.6 is 11.3 Å². The van der Waals surface area contributed by atoms with Gasteiger partial charge in [0.25, 0.3) is 16.4 Å². The molecule has 0 atom stereocenters. The molecule has 0 bridgehead atoms. The Balaban J connectivity index is 2.39. The molecule has 2 heterocycles. The second-order valence-corrected chi connectivity index (χ2v) is 6.89. The number of sulfonamides is 1. The Morgan fingerprint density at radius 2 is 1.91 bits per heavy atom. The first-order chi connectivity index (χ1) is 10.2. The molecule has 0 aromatic carbocycles. The molecule has 120 valence electrons. The molecule has 0 saturated carbocycles. The zero-order chi connectivity index (χ0) is 16.5. The van der Waals surface area contributed by atoms with Crippen molar-refractivity contribution in [1.82, 2.24) is 15.0 Å². The van der Waals surface area contributed by atoms with E-state index in [2.05, 4.69) is 19.7 Å². The van der Waals surface area contributed by atoms with Gasteiger partial charge in [-0.3, -0.25) is 0 Å². The second kappa shape index (κ2) is 6.08. The molecule has 11 heteroatoms. The molecule has 2 rings (SSSR count). The molecule has 0 aliphatic heterocycles. The van der Waals surface area contributed by atoms with Gasteiger partial charge in [0.2, 0.25) is 11.9 Å². The van der Waals surface area contributed by atoms with Gasteiger partial charge in [0.1, 0.15) is 10.7 Å². The van der Waals surface area contributed by atoms with Crippen LogP contribution in [0.5, 0.6) is 0 Å². The van der Waals surface area contributed by atoms with Gasteiger partial charge in [-0.15, -0.1) is 0 Å². The quantitative estimate of drug-likeness (QED) is 0.889. The Morgan fingerprint density at radius 1 is 1.23 bits per heavy atom. The number of anilines is 2. The lowest BCUT2D eigenvalue weighted by Gasteiger charge is -2.12. The maximum absolute atomic E-state index is 12.8. The van der Waals surface area contributed by atoms with Crippen molar-refractivity contribution in [3.63, 3.8) is 0 Å². The van der Waals surface area contributed by atoms with Crippen molar-refractivity contribution in [2.75, 3.05) is 23.7 Å². The van der Waals surface area contributed by atoms with E-state index in [9.17, 15) is 17.2 Å². The predicted octanol–water partition coefficient (Wildman–Crippen LogP) is 2.05. The van der Waals surface area contributed by atoms with Crippen LogP contribution in [0.3, 0.4) is 0 Å². The summed E-state index contributed by atoms with van der Waals surface area (Å²) >= 11 is 0.883. The molecule has 0 radical (unpaired) electrons. The minimum atomic E-state index is -4.20. The molecule has 0 aliphatic rings. The number of nitrogens with one attached hydrogen (secondary N) is 1. The van der Waals surface area contributed by atoms with Crippen LogP contribution in [0.15, 0.2) is 15.7 Å². The SMILES string of the molecule is Cc1nc(NS(=O)(=O)c2cscc2C(F)F)nc(N(C)C)n1. The summed E-state index contributed by atoms with van der Waals surface area (Å²) in [4.78, 5) is 12.9. The minimum Gasteiger partial charge on any atom is -0.347 e. The fraction of sp³-hybridized carbons (Fsp3) is 0.364. The van der Waals surface area contributed by atoms with E-state index < -0.39 is 26.9 Å². The van der Waals surface area contributed by atoms with E-state index in [1.807, 2.05) is 0 Å². The molecule has 7 nitrogen and oxygen atoms in total. The van der Waals surface area contributed by atoms with Gasteiger partial charge >= 0.3 is 0 Å². The van der Waals surface area contributed by atoms with Crippen LogP contribution in [-0.4, -0.2) is 37.5 Å². The van der Waals surface area contributed by atoms with Crippen LogP contribution < -0.4 is 9.62 Å². The monoisotopic (exact) mass is 349 g/mol. The van der Waals surface area contributed by atoms with Crippen LogP contribution in [0, 0.1) is 6.92 Å². The van der Waals surface area contributed by atoms with Crippen molar-refractivity contribution in [2.24, 2.45) is 0 Å². The van der Waals surface area contributed by atoms with Crippen LogP contribution in [-0.2, 0) is 10.0 Å². The number of rotatable bonds is 5. The number of halogens is 2. The summed E-state index contributed by atoms with van der Waals surface area (Å²) in [5, 5.41) is 2.24. The maximum atomic E-state index is 12.8. The summed E-state index contributed by atoms with van der Waals surface area (Å²) in [5.74, 6) is 0.336. The Bertz CT molecular complexity index is 777. The molecular weight excluding hydrogens is 336 g/mol. The van der Waals surface area contributed by atoms with Gasteiger partial charge < -0.3 is 4.90 Å². The zero-order valence-corrected chi connectivity index (χ0v) is 13.5. The smallest absolute Gasteiger partial charge is 0.265 e. The van der Waals surface area contributed by atoms with Crippen molar-refractivity contribution in [2.45, 2.75) is 18.2 Å². The van der Waals surface area contributed by atoms with Crippen molar-refractivity contribution >= 4 is 33.3 Å². The van der Waals surface area contributed by atoms with Crippen LogP contribution in [0.4, 0.5) is 20.7 Å². The number of thiophene rings is 1. The third kappa shape index (κ3) is 3.47. The number of hydrogen-bond acceptors (Lipinski definition) is 7.